The summed E-state index contributed by atoms with van der Waals surface area (Å²) in [6, 6.07) is 2.86. The number of esters is 1. The van der Waals surface area contributed by atoms with Gasteiger partial charge in [-0.3, -0.25) is 4.79 Å². The average molecular weight is 329 g/mol. The highest BCUT2D eigenvalue weighted by Gasteiger charge is 2.30. The van der Waals surface area contributed by atoms with Gasteiger partial charge < -0.3 is 9.84 Å². The van der Waals surface area contributed by atoms with Gasteiger partial charge in [0.05, 0.1) is 17.6 Å². The molecular formula is C14H19NO6S. The van der Waals surface area contributed by atoms with Crippen LogP contribution in [0.2, 0.25) is 0 Å². The van der Waals surface area contributed by atoms with E-state index >= 15 is 0 Å². The van der Waals surface area contributed by atoms with Gasteiger partial charge in [-0.05, 0) is 25.0 Å². The van der Waals surface area contributed by atoms with Crippen LogP contribution in [-0.2, 0) is 19.6 Å². The Kier molecular flexibility index (Phi) is 5.67. The number of aliphatic carboxylic acids is 1. The maximum Gasteiger partial charge on any atom is 0.339 e. The molecule has 0 bridgehead atoms. The molecular weight excluding hydrogens is 310 g/mol. The highest BCUT2D eigenvalue weighted by molar-refractivity contribution is 7.89. The molecule has 0 heterocycles. The van der Waals surface area contributed by atoms with Crippen molar-refractivity contribution in [3.8, 4) is 0 Å². The molecule has 1 rings (SSSR count). The summed E-state index contributed by atoms with van der Waals surface area (Å²) in [5, 5.41) is 9.10. The Labute approximate surface area is 129 Å². The molecule has 0 aliphatic heterocycles. The first-order chi connectivity index (χ1) is 10.1. The fourth-order valence-corrected chi connectivity index (χ4v) is 3.36. The van der Waals surface area contributed by atoms with Crippen molar-refractivity contribution < 1.29 is 27.9 Å². The molecule has 8 heteroatoms. The van der Waals surface area contributed by atoms with Gasteiger partial charge in [0, 0.05) is 0 Å². The number of carbonyl (C=O) groups excluding carboxylic acids is 1. The van der Waals surface area contributed by atoms with E-state index in [0.717, 1.165) is 7.11 Å². The molecule has 0 aromatic heterocycles. The van der Waals surface area contributed by atoms with E-state index in [1.54, 1.807) is 20.8 Å². The molecule has 1 aromatic rings. The second-order valence-electron chi connectivity index (χ2n) is 5.17. The Morgan fingerprint density at radius 3 is 2.32 bits per heavy atom. The first kappa shape index (κ1) is 18.1. The van der Waals surface area contributed by atoms with Crippen LogP contribution in [0.5, 0.6) is 0 Å². The molecule has 0 spiro atoms. The monoisotopic (exact) mass is 329 g/mol. The second-order valence-corrected chi connectivity index (χ2v) is 6.85. The number of hydrogen-bond donors (Lipinski definition) is 2. The van der Waals surface area contributed by atoms with E-state index in [2.05, 4.69) is 9.46 Å². The fraction of sp³-hybridized carbons (Fsp3) is 0.429. The van der Waals surface area contributed by atoms with E-state index in [4.69, 9.17) is 5.11 Å². The topological polar surface area (TPSA) is 110 Å². The van der Waals surface area contributed by atoms with Gasteiger partial charge in [-0.1, -0.05) is 25.5 Å². The van der Waals surface area contributed by atoms with Gasteiger partial charge in [-0.2, -0.15) is 4.72 Å². The zero-order chi connectivity index (χ0) is 17.1. The molecule has 2 N–H and O–H groups in total. The van der Waals surface area contributed by atoms with Crippen LogP contribution in [0, 0.1) is 12.8 Å². The number of carboxylic acid groups (broad SMARTS) is 1. The average Bonchev–Trinajstić information content (AvgIpc) is 2.42. The van der Waals surface area contributed by atoms with E-state index in [1.165, 1.54) is 18.2 Å². The number of methoxy groups -OCH3 is 1. The predicted octanol–water partition coefficient (Wildman–Crippen LogP) is 1.17. The third kappa shape index (κ3) is 4.05. The summed E-state index contributed by atoms with van der Waals surface area (Å²) in [4.78, 5) is 22.6. The summed E-state index contributed by atoms with van der Waals surface area (Å²) in [5.74, 6) is -2.55. The lowest BCUT2D eigenvalue weighted by molar-refractivity contribution is -0.140. The lowest BCUT2D eigenvalue weighted by Crippen LogP contribution is -2.44. The van der Waals surface area contributed by atoms with Crippen molar-refractivity contribution in [2.75, 3.05) is 7.11 Å². The Morgan fingerprint density at radius 1 is 1.27 bits per heavy atom. The molecule has 0 aliphatic carbocycles. The number of carbonyl (C=O) groups is 2. The highest BCUT2D eigenvalue weighted by Crippen LogP contribution is 2.19. The molecule has 0 amide bonds. The number of sulfonamides is 1. The van der Waals surface area contributed by atoms with E-state index in [0.29, 0.717) is 5.56 Å². The van der Waals surface area contributed by atoms with Crippen LogP contribution < -0.4 is 4.72 Å². The Balaban J connectivity index is 3.34. The minimum Gasteiger partial charge on any atom is -0.480 e. The number of rotatable bonds is 6. The van der Waals surface area contributed by atoms with Crippen LogP contribution in [0.3, 0.4) is 0 Å². The number of aryl methyl sites for hydroxylation is 1. The number of hydrogen-bond acceptors (Lipinski definition) is 5. The van der Waals surface area contributed by atoms with Gasteiger partial charge in [-0.15, -0.1) is 0 Å². The minimum absolute atomic E-state index is 0.136. The smallest absolute Gasteiger partial charge is 0.339 e. The molecule has 0 saturated carbocycles. The maximum atomic E-state index is 12.4. The summed E-state index contributed by atoms with van der Waals surface area (Å²) in [6.45, 7) is 4.86. The largest absolute Gasteiger partial charge is 0.480 e. The number of benzene rings is 1. The molecule has 1 aromatic carbocycles. The van der Waals surface area contributed by atoms with Crippen LogP contribution in [0.1, 0.15) is 29.8 Å². The third-order valence-corrected chi connectivity index (χ3v) is 4.54. The summed E-state index contributed by atoms with van der Waals surface area (Å²) < 4.78 is 31.5. The van der Waals surface area contributed by atoms with Gasteiger partial charge in [0.2, 0.25) is 10.0 Å². The van der Waals surface area contributed by atoms with E-state index in [9.17, 15) is 18.0 Å². The molecule has 0 radical (unpaired) electrons. The maximum absolute atomic E-state index is 12.4. The molecule has 22 heavy (non-hydrogen) atoms. The van der Waals surface area contributed by atoms with Crippen LogP contribution >= 0.6 is 0 Å². The molecule has 122 valence electrons. The molecule has 1 atom stereocenters. The summed E-state index contributed by atoms with van der Waals surface area (Å²) in [5.41, 5.74) is 0.542. The minimum atomic E-state index is -4.18. The Bertz CT molecular complexity index is 681. The lowest BCUT2D eigenvalue weighted by atomic mass is 10.1. The normalized spacial score (nSPS) is 13.0. The zero-order valence-corrected chi connectivity index (χ0v) is 13.6. The van der Waals surface area contributed by atoms with Gasteiger partial charge in [0.25, 0.3) is 0 Å². The highest BCUT2D eigenvalue weighted by atomic mass is 32.2. The zero-order valence-electron chi connectivity index (χ0n) is 12.8. The van der Waals surface area contributed by atoms with Crippen LogP contribution in [0.15, 0.2) is 23.1 Å². The predicted molar refractivity (Wildman–Crippen MR) is 79.1 cm³/mol. The van der Waals surface area contributed by atoms with E-state index in [-0.39, 0.29) is 10.5 Å². The van der Waals surface area contributed by atoms with E-state index < -0.39 is 33.9 Å². The summed E-state index contributed by atoms with van der Waals surface area (Å²) >= 11 is 0. The summed E-state index contributed by atoms with van der Waals surface area (Å²) in [7, 11) is -3.04. The van der Waals surface area contributed by atoms with Crippen LogP contribution in [0.25, 0.3) is 0 Å². The van der Waals surface area contributed by atoms with Crippen LogP contribution in [-0.4, -0.2) is 38.6 Å². The summed E-state index contributed by atoms with van der Waals surface area (Å²) in [6.07, 6.45) is 0. The number of ether oxygens (including phenoxy) is 1. The Morgan fingerprint density at radius 2 is 1.86 bits per heavy atom. The van der Waals surface area contributed by atoms with Gasteiger partial charge >= 0.3 is 11.9 Å². The third-order valence-electron chi connectivity index (χ3n) is 3.04. The van der Waals surface area contributed by atoms with Crippen molar-refractivity contribution in [1.82, 2.24) is 4.72 Å². The van der Waals surface area contributed by atoms with Gasteiger partial charge in [-0.25, -0.2) is 13.2 Å². The van der Waals surface area contributed by atoms with Gasteiger partial charge in [0.1, 0.15) is 6.04 Å². The second kappa shape index (κ2) is 6.89. The first-order valence-electron chi connectivity index (χ1n) is 6.54. The number of nitrogens with one attached hydrogen (secondary N) is 1. The van der Waals surface area contributed by atoms with Gasteiger partial charge in [0.15, 0.2) is 0 Å². The molecule has 0 fully saturated rings. The number of carboxylic acids is 1. The van der Waals surface area contributed by atoms with Crippen LogP contribution in [0.4, 0.5) is 0 Å². The fourth-order valence-electron chi connectivity index (χ4n) is 1.85. The standard InChI is InChI=1S/C14H19NO6S/c1-8(2)12(13(16)17)15-22(19,20)11-6-5-9(3)7-10(11)14(18)21-4/h5-8,12,15H,1-4H3,(H,16,17)/t12-/m1/s1. The first-order valence-corrected chi connectivity index (χ1v) is 8.02. The van der Waals surface area contributed by atoms with E-state index in [1.807, 2.05) is 0 Å². The van der Waals surface area contributed by atoms with Crippen molar-refractivity contribution in [3.05, 3.63) is 29.3 Å². The van der Waals surface area contributed by atoms with Crippen molar-refractivity contribution in [1.29, 1.82) is 0 Å². The molecule has 0 unspecified atom stereocenters. The Hall–Kier alpha value is -1.93. The molecule has 0 aliphatic rings. The lowest BCUT2D eigenvalue weighted by Gasteiger charge is -2.19. The molecule has 7 nitrogen and oxygen atoms in total. The molecule has 0 saturated heterocycles. The van der Waals surface area contributed by atoms with Crippen molar-refractivity contribution in [3.63, 3.8) is 0 Å². The quantitative estimate of drug-likeness (QED) is 0.758. The van der Waals surface area contributed by atoms with Crippen molar-refractivity contribution >= 4 is 22.0 Å². The van der Waals surface area contributed by atoms with Crippen molar-refractivity contribution in [2.45, 2.75) is 31.7 Å². The van der Waals surface area contributed by atoms with Crippen molar-refractivity contribution in [2.24, 2.45) is 5.92 Å². The SMILES string of the molecule is COC(=O)c1cc(C)ccc1S(=O)(=O)N[C@@H](C(=O)O)C(C)C.